The van der Waals surface area contributed by atoms with Gasteiger partial charge < -0.3 is 4.90 Å². The van der Waals surface area contributed by atoms with Crippen LogP contribution in [0, 0.1) is 0 Å². The molecule has 0 aliphatic heterocycles. The summed E-state index contributed by atoms with van der Waals surface area (Å²) in [5.41, 5.74) is 4.72. The molecule has 0 aliphatic carbocycles. The van der Waals surface area contributed by atoms with Crippen LogP contribution < -0.4 is 4.90 Å². The van der Waals surface area contributed by atoms with Crippen molar-refractivity contribution in [2.24, 2.45) is 7.05 Å². The van der Waals surface area contributed by atoms with Crippen molar-refractivity contribution in [2.45, 2.75) is 13.1 Å². The zero-order valence-corrected chi connectivity index (χ0v) is 18.7. The first-order valence-electron chi connectivity index (χ1n) is 9.74. The van der Waals surface area contributed by atoms with Crippen LogP contribution in [0.3, 0.4) is 0 Å². The van der Waals surface area contributed by atoms with Crippen molar-refractivity contribution in [1.29, 1.82) is 0 Å². The van der Waals surface area contributed by atoms with Gasteiger partial charge in [-0.2, -0.15) is 20.5 Å². The second kappa shape index (κ2) is 7.95. The normalized spacial score (nSPS) is 11.3. The highest BCUT2D eigenvalue weighted by molar-refractivity contribution is 9.10. The zero-order valence-electron chi connectivity index (χ0n) is 17.1. The summed E-state index contributed by atoms with van der Waals surface area (Å²) in [6.07, 6.45) is 3.96. The average molecular weight is 478 g/mol. The minimum Gasteiger partial charge on any atom is -0.340 e. The summed E-state index contributed by atoms with van der Waals surface area (Å²) in [5.74, 6) is 1.48. The number of aromatic amines is 1. The Balaban J connectivity index is 1.37. The van der Waals surface area contributed by atoms with Gasteiger partial charge in [-0.15, -0.1) is 10.2 Å². The van der Waals surface area contributed by atoms with Crippen LogP contribution in [-0.4, -0.2) is 47.0 Å². The molecule has 3 aromatic heterocycles. The van der Waals surface area contributed by atoms with Crippen molar-refractivity contribution >= 4 is 32.9 Å². The van der Waals surface area contributed by atoms with E-state index in [2.05, 4.69) is 69.9 Å². The standard InChI is InChI=1S/C21H20BrN9/c1-29(11-15-10-23-31(13-15)12-14-6-4-3-5-7-14)21-27-26-20(30(21)2)17-8-16(22)9-18-19(17)25-28-24-18/h3-10,13H,11-12H2,1-2H3,(H,24,25,28). The van der Waals surface area contributed by atoms with Crippen LogP contribution in [0.5, 0.6) is 0 Å². The fraction of sp³-hybridized carbons (Fsp3) is 0.190. The molecular formula is C21H20BrN9. The number of nitrogens with one attached hydrogen (secondary N) is 1. The number of benzene rings is 2. The Bertz CT molecular complexity index is 1340. The summed E-state index contributed by atoms with van der Waals surface area (Å²) in [6.45, 7) is 1.41. The maximum Gasteiger partial charge on any atom is 0.227 e. The molecule has 5 rings (SSSR count). The number of fused-ring (bicyclic) bond motifs is 1. The second-order valence-electron chi connectivity index (χ2n) is 7.42. The van der Waals surface area contributed by atoms with Crippen molar-refractivity contribution < 1.29 is 0 Å². The molecule has 3 heterocycles. The van der Waals surface area contributed by atoms with Crippen LogP contribution in [0.2, 0.25) is 0 Å². The van der Waals surface area contributed by atoms with E-state index in [1.54, 1.807) is 0 Å². The van der Waals surface area contributed by atoms with Crippen LogP contribution >= 0.6 is 15.9 Å². The number of rotatable bonds is 6. The van der Waals surface area contributed by atoms with Crippen molar-refractivity contribution in [3.05, 3.63) is 70.5 Å². The molecule has 9 nitrogen and oxygen atoms in total. The molecule has 2 aromatic carbocycles. The summed E-state index contributed by atoms with van der Waals surface area (Å²) in [7, 11) is 3.95. The molecule has 31 heavy (non-hydrogen) atoms. The molecular weight excluding hydrogens is 458 g/mol. The highest BCUT2D eigenvalue weighted by Gasteiger charge is 2.19. The van der Waals surface area contributed by atoms with Crippen molar-refractivity contribution in [2.75, 3.05) is 11.9 Å². The molecule has 5 aromatic rings. The summed E-state index contributed by atoms with van der Waals surface area (Å²) in [5, 5.41) is 24.5. The molecule has 0 bridgehead atoms. The van der Waals surface area contributed by atoms with Crippen molar-refractivity contribution in [3.63, 3.8) is 0 Å². The quantitative estimate of drug-likeness (QED) is 0.402. The van der Waals surface area contributed by atoms with E-state index in [9.17, 15) is 0 Å². The monoisotopic (exact) mass is 477 g/mol. The van der Waals surface area contributed by atoms with Crippen LogP contribution in [0.15, 0.2) is 59.3 Å². The van der Waals surface area contributed by atoms with Gasteiger partial charge in [0.1, 0.15) is 11.0 Å². The predicted octanol–water partition coefficient (Wildman–Crippen LogP) is 3.40. The number of anilines is 1. The van der Waals surface area contributed by atoms with E-state index in [0.717, 1.165) is 45.0 Å². The number of hydrogen-bond acceptors (Lipinski definition) is 6. The summed E-state index contributed by atoms with van der Waals surface area (Å²) in [6, 6.07) is 14.2. The molecule has 0 saturated heterocycles. The van der Waals surface area contributed by atoms with Gasteiger partial charge in [0.2, 0.25) is 5.95 Å². The molecule has 0 unspecified atom stereocenters. The molecule has 0 radical (unpaired) electrons. The van der Waals surface area contributed by atoms with E-state index in [1.165, 1.54) is 5.56 Å². The average Bonchev–Trinajstić information content (AvgIpc) is 3.48. The molecule has 1 N–H and O–H groups in total. The lowest BCUT2D eigenvalue weighted by Gasteiger charge is -2.17. The van der Waals surface area contributed by atoms with Gasteiger partial charge in [-0.3, -0.25) is 9.25 Å². The number of nitrogens with zero attached hydrogens (tertiary/aromatic N) is 8. The molecule has 0 atom stereocenters. The Hall–Kier alpha value is -3.53. The fourth-order valence-electron chi connectivity index (χ4n) is 3.66. The lowest BCUT2D eigenvalue weighted by molar-refractivity contribution is 0.685. The summed E-state index contributed by atoms with van der Waals surface area (Å²) in [4.78, 5) is 2.05. The van der Waals surface area contributed by atoms with Gasteiger partial charge in [0.05, 0.1) is 18.3 Å². The number of H-pyrrole nitrogens is 1. The first-order valence-corrected chi connectivity index (χ1v) is 10.5. The minimum absolute atomic E-state index is 0.665. The van der Waals surface area contributed by atoms with E-state index in [0.29, 0.717) is 6.54 Å². The lowest BCUT2D eigenvalue weighted by Crippen LogP contribution is -2.20. The third-order valence-electron chi connectivity index (χ3n) is 5.11. The van der Waals surface area contributed by atoms with Crippen molar-refractivity contribution in [3.8, 4) is 11.4 Å². The van der Waals surface area contributed by atoms with E-state index in [1.807, 2.05) is 59.9 Å². The Morgan fingerprint density at radius 1 is 1.06 bits per heavy atom. The van der Waals surface area contributed by atoms with E-state index >= 15 is 0 Å². The number of hydrogen-bond donors (Lipinski definition) is 1. The second-order valence-corrected chi connectivity index (χ2v) is 8.33. The number of aromatic nitrogens is 8. The Morgan fingerprint density at radius 2 is 1.90 bits per heavy atom. The molecule has 0 saturated carbocycles. The van der Waals surface area contributed by atoms with Gasteiger partial charge in [-0.1, -0.05) is 46.3 Å². The van der Waals surface area contributed by atoms with Gasteiger partial charge in [0.15, 0.2) is 5.82 Å². The lowest BCUT2D eigenvalue weighted by atomic mass is 10.1. The predicted molar refractivity (Wildman–Crippen MR) is 121 cm³/mol. The third-order valence-corrected chi connectivity index (χ3v) is 5.57. The Morgan fingerprint density at radius 3 is 2.74 bits per heavy atom. The number of halogens is 1. The molecule has 0 spiro atoms. The maximum absolute atomic E-state index is 4.49. The first-order chi connectivity index (χ1) is 15.1. The van der Waals surface area contributed by atoms with E-state index < -0.39 is 0 Å². The molecule has 156 valence electrons. The maximum atomic E-state index is 4.49. The molecule has 0 fully saturated rings. The van der Waals surface area contributed by atoms with Gasteiger partial charge in [-0.25, -0.2) is 0 Å². The summed E-state index contributed by atoms with van der Waals surface area (Å²) < 4.78 is 4.82. The molecule has 10 heteroatoms. The van der Waals surface area contributed by atoms with E-state index in [-0.39, 0.29) is 0 Å². The highest BCUT2D eigenvalue weighted by atomic mass is 79.9. The van der Waals surface area contributed by atoms with Gasteiger partial charge in [-0.05, 0) is 17.7 Å². The Kier molecular flexibility index (Phi) is 4.99. The topological polar surface area (TPSA) is 93.3 Å². The van der Waals surface area contributed by atoms with Crippen molar-refractivity contribution in [1.82, 2.24) is 40.0 Å². The van der Waals surface area contributed by atoms with Crippen LogP contribution in [0.25, 0.3) is 22.4 Å². The SMILES string of the molecule is CN(Cc1cnn(Cc2ccccc2)c1)c1nnc(-c2cc(Br)cc3n[nH]nc23)n1C. The first kappa shape index (κ1) is 19.4. The van der Waals surface area contributed by atoms with Gasteiger partial charge >= 0.3 is 0 Å². The third kappa shape index (κ3) is 3.81. The zero-order chi connectivity index (χ0) is 21.4. The van der Waals surface area contributed by atoms with Gasteiger partial charge in [0.25, 0.3) is 0 Å². The highest BCUT2D eigenvalue weighted by Crippen LogP contribution is 2.30. The Labute approximate surface area is 186 Å². The molecule has 0 amide bonds. The summed E-state index contributed by atoms with van der Waals surface area (Å²) >= 11 is 3.54. The largest absolute Gasteiger partial charge is 0.340 e. The van der Waals surface area contributed by atoms with Crippen LogP contribution in [-0.2, 0) is 20.1 Å². The van der Waals surface area contributed by atoms with Crippen LogP contribution in [0.1, 0.15) is 11.1 Å². The van der Waals surface area contributed by atoms with Crippen LogP contribution in [0.4, 0.5) is 5.95 Å². The van der Waals surface area contributed by atoms with E-state index in [4.69, 9.17) is 0 Å². The van der Waals surface area contributed by atoms with Gasteiger partial charge in [0, 0.05) is 36.9 Å². The minimum atomic E-state index is 0.665. The fourth-order valence-corrected chi connectivity index (χ4v) is 4.11. The molecule has 0 aliphatic rings. The smallest absolute Gasteiger partial charge is 0.227 e.